The number of hydrogen-bond donors (Lipinski definition) is 2. The predicted molar refractivity (Wildman–Crippen MR) is 119 cm³/mol. The van der Waals surface area contributed by atoms with E-state index in [0.29, 0.717) is 34.8 Å². The number of benzene rings is 1. The minimum atomic E-state index is -3.87. The summed E-state index contributed by atoms with van der Waals surface area (Å²) in [7, 11) is -3.87. The molecule has 1 aliphatic rings. The zero-order valence-electron chi connectivity index (χ0n) is 16.6. The van der Waals surface area contributed by atoms with Gasteiger partial charge in [-0.3, -0.25) is 0 Å². The molecule has 0 unspecified atom stereocenters. The van der Waals surface area contributed by atoms with Crippen LogP contribution in [0.15, 0.2) is 66.0 Å². The second-order valence-electron chi connectivity index (χ2n) is 7.49. The number of rotatable bonds is 5. The smallest absolute Gasteiger partial charge is 0.269 e. The summed E-state index contributed by atoms with van der Waals surface area (Å²) in [6.45, 7) is 2.22. The Morgan fingerprint density at radius 2 is 1.77 bits per heavy atom. The number of nitrogens with two attached hydrogens (primary N) is 2. The number of nitrogens with zero attached hydrogens (tertiary/aromatic N) is 5. The highest BCUT2D eigenvalue weighted by Gasteiger charge is 2.30. The molecular weight excluding hydrogens is 414 g/mol. The molecule has 0 amide bonds. The van der Waals surface area contributed by atoms with Crippen LogP contribution in [-0.4, -0.2) is 47.0 Å². The first kappa shape index (κ1) is 19.5. The third-order valence-electron chi connectivity index (χ3n) is 5.51. The van der Waals surface area contributed by atoms with Crippen LogP contribution in [0.4, 0.5) is 11.6 Å². The van der Waals surface area contributed by atoms with Crippen LogP contribution >= 0.6 is 0 Å². The van der Waals surface area contributed by atoms with Crippen molar-refractivity contribution in [1.82, 2.24) is 18.9 Å². The van der Waals surface area contributed by atoms with Crippen molar-refractivity contribution in [2.24, 2.45) is 11.7 Å². The van der Waals surface area contributed by atoms with Crippen molar-refractivity contribution >= 4 is 32.7 Å². The summed E-state index contributed by atoms with van der Waals surface area (Å²) in [5.74, 6) is 0.526. The summed E-state index contributed by atoms with van der Waals surface area (Å²) >= 11 is 0. The maximum absolute atomic E-state index is 13.5. The summed E-state index contributed by atoms with van der Waals surface area (Å²) < 4.78 is 28.1. The van der Waals surface area contributed by atoms with E-state index in [4.69, 9.17) is 11.5 Å². The van der Waals surface area contributed by atoms with Crippen LogP contribution in [0.3, 0.4) is 0 Å². The van der Waals surface area contributed by atoms with Gasteiger partial charge in [-0.15, -0.1) is 0 Å². The van der Waals surface area contributed by atoms with Gasteiger partial charge in [0.05, 0.1) is 21.7 Å². The van der Waals surface area contributed by atoms with E-state index in [0.717, 1.165) is 18.8 Å². The van der Waals surface area contributed by atoms with E-state index in [1.165, 1.54) is 3.97 Å². The summed E-state index contributed by atoms with van der Waals surface area (Å²) in [6.07, 6.45) is 4.74. The largest absolute Gasteiger partial charge is 0.370 e. The maximum Gasteiger partial charge on any atom is 0.269 e. The summed E-state index contributed by atoms with van der Waals surface area (Å²) in [4.78, 5) is 15.1. The second-order valence-corrected chi connectivity index (χ2v) is 9.31. The number of pyridine rings is 1. The molecule has 4 N–H and O–H groups in total. The fraction of sp³-hybridized carbons (Fsp3) is 0.190. The van der Waals surface area contributed by atoms with Crippen LogP contribution < -0.4 is 16.4 Å². The minimum Gasteiger partial charge on any atom is -0.370 e. The van der Waals surface area contributed by atoms with Crippen molar-refractivity contribution in [2.75, 3.05) is 30.3 Å². The topological polar surface area (TPSA) is 133 Å². The Labute approximate surface area is 179 Å². The molecule has 1 aromatic carbocycles. The first-order valence-electron chi connectivity index (χ1n) is 9.83. The van der Waals surface area contributed by atoms with Crippen molar-refractivity contribution in [2.45, 2.75) is 4.90 Å². The van der Waals surface area contributed by atoms with Crippen molar-refractivity contribution in [3.8, 4) is 11.3 Å². The molecule has 0 aliphatic carbocycles. The molecule has 0 bridgehead atoms. The lowest BCUT2D eigenvalue weighted by Crippen LogP contribution is -2.50. The van der Waals surface area contributed by atoms with Crippen molar-refractivity contribution in [1.29, 1.82) is 0 Å². The number of nitrogen functional groups attached to an aromatic ring is 1. The first-order valence-corrected chi connectivity index (χ1v) is 11.3. The lowest BCUT2D eigenvalue weighted by Gasteiger charge is -2.40. The normalized spacial score (nSPS) is 14.7. The third kappa shape index (κ3) is 3.20. The highest BCUT2D eigenvalue weighted by atomic mass is 32.2. The highest BCUT2D eigenvalue weighted by Crippen LogP contribution is 2.39. The SMILES string of the molecule is NCC1CN(c2ccnc3c2c(-c2ccnc(N)n2)cn3S(=O)(=O)c2ccccc2)C1. The van der Waals surface area contributed by atoms with Gasteiger partial charge < -0.3 is 16.4 Å². The van der Waals surface area contributed by atoms with Crippen LogP contribution in [-0.2, 0) is 10.0 Å². The number of hydrogen-bond acceptors (Lipinski definition) is 8. The molecule has 1 aliphatic heterocycles. The van der Waals surface area contributed by atoms with Gasteiger partial charge in [0.15, 0.2) is 5.65 Å². The van der Waals surface area contributed by atoms with Crippen LogP contribution in [0, 0.1) is 5.92 Å². The molecule has 0 spiro atoms. The average Bonchev–Trinajstić information content (AvgIpc) is 3.15. The van der Waals surface area contributed by atoms with Gasteiger partial charge in [0.2, 0.25) is 5.95 Å². The van der Waals surface area contributed by atoms with E-state index in [2.05, 4.69) is 19.9 Å². The monoisotopic (exact) mass is 435 g/mol. The molecule has 10 heteroatoms. The van der Waals surface area contributed by atoms with Crippen LogP contribution in [0.2, 0.25) is 0 Å². The zero-order valence-corrected chi connectivity index (χ0v) is 17.4. The first-order chi connectivity index (χ1) is 15.0. The summed E-state index contributed by atoms with van der Waals surface area (Å²) in [5, 5.41) is 0.704. The fourth-order valence-corrected chi connectivity index (χ4v) is 5.23. The molecule has 158 valence electrons. The van der Waals surface area contributed by atoms with Gasteiger partial charge in [-0.05, 0) is 30.8 Å². The van der Waals surface area contributed by atoms with Gasteiger partial charge in [0, 0.05) is 43.2 Å². The molecule has 0 radical (unpaired) electrons. The van der Waals surface area contributed by atoms with Gasteiger partial charge in [0.25, 0.3) is 10.0 Å². The molecule has 3 aromatic heterocycles. The Bertz CT molecular complexity index is 1360. The quantitative estimate of drug-likeness (QED) is 0.484. The lowest BCUT2D eigenvalue weighted by molar-refractivity contribution is 0.421. The molecule has 9 nitrogen and oxygen atoms in total. The van der Waals surface area contributed by atoms with Gasteiger partial charge in [0.1, 0.15) is 0 Å². The standard InChI is InChI=1S/C21H21N7O2S/c22-10-14-11-27(12-14)18-7-9-24-20-19(18)16(17-6-8-25-21(23)26-17)13-28(20)31(29,30)15-4-2-1-3-5-15/h1-9,13-14H,10-12,22H2,(H2,23,25,26). The molecule has 0 saturated carbocycles. The van der Waals surface area contributed by atoms with E-state index >= 15 is 0 Å². The lowest BCUT2D eigenvalue weighted by atomic mass is 9.98. The Hall–Kier alpha value is -3.50. The molecule has 4 aromatic rings. The molecule has 1 saturated heterocycles. The Balaban J connectivity index is 1.77. The van der Waals surface area contributed by atoms with E-state index < -0.39 is 10.0 Å². The van der Waals surface area contributed by atoms with E-state index in [9.17, 15) is 8.42 Å². The minimum absolute atomic E-state index is 0.113. The maximum atomic E-state index is 13.5. The van der Waals surface area contributed by atoms with Crippen molar-refractivity contribution in [3.63, 3.8) is 0 Å². The predicted octanol–water partition coefficient (Wildman–Crippen LogP) is 1.71. The second kappa shape index (κ2) is 7.33. The number of anilines is 2. The highest BCUT2D eigenvalue weighted by molar-refractivity contribution is 7.90. The Morgan fingerprint density at radius 3 is 2.48 bits per heavy atom. The van der Waals surface area contributed by atoms with E-state index in [1.54, 1.807) is 55.0 Å². The van der Waals surface area contributed by atoms with Crippen LogP contribution in [0.1, 0.15) is 0 Å². The summed E-state index contributed by atoms with van der Waals surface area (Å²) in [5.41, 5.74) is 14.0. The molecule has 4 heterocycles. The number of aromatic nitrogens is 4. The van der Waals surface area contributed by atoms with Crippen molar-refractivity contribution in [3.05, 3.63) is 61.1 Å². The summed E-state index contributed by atoms with van der Waals surface area (Å²) in [6, 6.07) is 11.9. The molecular formula is C21H21N7O2S. The Kier molecular flexibility index (Phi) is 4.60. The van der Waals surface area contributed by atoms with Gasteiger partial charge in [-0.2, -0.15) is 0 Å². The molecule has 1 fully saturated rings. The average molecular weight is 436 g/mol. The Morgan fingerprint density at radius 1 is 1.03 bits per heavy atom. The zero-order chi connectivity index (χ0) is 21.6. The molecule has 31 heavy (non-hydrogen) atoms. The van der Waals surface area contributed by atoms with Crippen molar-refractivity contribution < 1.29 is 8.42 Å². The molecule has 5 rings (SSSR count). The fourth-order valence-electron chi connectivity index (χ4n) is 3.90. The van der Waals surface area contributed by atoms with E-state index in [1.807, 2.05) is 6.07 Å². The molecule has 0 atom stereocenters. The van der Waals surface area contributed by atoms with Gasteiger partial charge in [-0.1, -0.05) is 18.2 Å². The van der Waals surface area contributed by atoms with Crippen LogP contribution in [0.25, 0.3) is 22.3 Å². The van der Waals surface area contributed by atoms with Crippen LogP contribution in [0.5, 0.6) is 0 Å². The van der Waals surface area contributed by atoms with E-state index in [-0.39, 0.29) is 10.8 Å². The van der Waals surface area contributed by atoms with Gasteiger partial charge in [-0.25, -0.2) is 27.3 Å². The number of fused-ring (bicyclic) bond motifs is 1. The van der Waals surface area contributed by atoms with Gasteiger partial charge >= 0.3 is 0 Å². The third-order valence-corrected chi connectivity index (χ3v) is 7.18.